The third-order valence-corrected chi connectivity index (χ3v) is 5.01. The predicted octanol–water partition coefficient (Wildman–Crippen LogP) is 1.92. The normalized spacial score (nSPS) is 24.0. The van der Waals surface area contributed by atoms with Crippen LogP contribution in [0.15, 0.2) is 24.3 Å². The Morgan fingerprint density at radius 1 is 1.17 bits per heavy atom. The molecule has 2 heterocycles. The van der Waals surface area contributed by atoms with Crippen molar-refractivity contribution in [2.45, 2.75) is 19.3 Å². The first kappa shape index (κ1) is 16.1. The molecule has 0 aliphatic carbocycles. The summed E-state index contributed by atoms with van der Waals surface area (Å²) in [4.78, 5) is 14.4. The molecule has 2 atom stereocenters. The molecule has 5 heteroatoms. The number of likely N-dealkylation sites (tertiary alicyclic amines) is 1. The molecule has 0 aromatic heterocycles. The average Bonchev–Trinajstić information content (AvgIpc) is 2.93. The van der Waals surface area contributed by atoms with Crippen LogP contribution in [0.4, 0.5) is 0 Å². The highest BCUT2D eigenvalue weighted by atomic mass is 16.5. The van der Waals surface area contributed by atoms with Gasteiger partial charge in [0, 0.05) is 13.1 Å². The van der Waals surface area contributed by atoms with E-state index < -0.39 is 0 Å². The van der Waals surface area contributed by atoms with E-state index in [2.05, 4.69) is 5.32 Å². The van der Waals surface area contributed by atoms with E-state index >= 15 is 0 Å². The van der Waals surface area contributed by atoms with Crippen molar-refractivity contribution in [1.82, 2.24) is 10.2 Å². The van der Waals surface area contributed by atoms with Crippen molar-refractivity contribution in [2.24, 2.45) is 11.8 Å². The minimum absolute atomic E-state index is 0.202. The van der Waals surface area contributed by atoms with Gasteiger partial charge in [-0.3, -0.25) is 4.79 Å². The third-order valence-electron chi connectivity index (χ3n) is 5.01. The Morgan fingerprint density at radius 3 is 2.48 bits per heavy atom. The van der Waals surface area contributed by atoms with Crippen LogP contribution < -0.4 is 14.8 Å². The van der Waals surface area contributed by atoms with E-state index in [1.165, 1.54) is 0 Å². The van der Waals surface area contributed by atoms with Gasteiger partial charge in [-0.2, -0.15) is 0 Å². The highest BCUT2D eigenvalue weighted by molar-refractivity contribution is 5.76. The molecule has 0 bridgehead atoms. The Balaban J connectivity index is 1.46. The van der Waals surface area contributed by atoms with Crippen LogP contribution in [0.2, 0.25) is 0 Å². The number of amides is 1. The largest absolute Gasteiger partial charge is 0.493 e. The number of carbonyl (C=O) groups excluding carboxylic acids is 1. The van der Waals surface area contributed by atoms with E-state index in [1.807, 2.05) is 29.2 Å². The number of fused-ring (bicyclic) bond motifs is 1. The van der Waals surface area contributed by atoms with Gasteiger partial charge in [0.15, 0.2) is 11.5 Å². The van der Waals surface area contributed by atoms with E-state index in [0.29, 0.717) is 24.5 Å². The van der Waals surface area contributed by atoms with Gasteiger partial charge in [-0.15, -0.1) is 0 Å². The van der Waals surface area contributed by atoms with Gasteiger partial charge in [-0.05, 0) is 49.9 Å². The van der Waals surface area contributed by atoms with Gasteiger partial charge in [-0.1, -0.05) is 12.1 Å². The maximum absolute atomic E-state index is 12.4. The van der Waals surface area contributed by atoms with Crippen LogP contribution in [0.3, 0.4) is 0 Å². The molecule has 126 valence electrons. The lowest BCUT2D eigenvalue weighted by molar-refractivity contribution is -0.131. The van der Waals surface area contributed by atoms with E-state index in [-0.39, 0.29) is 5.91 Å². The second-order valence-corrected chi connectivity index (χ2v) is 6.39. The van der Waals surface area contributed by atoms with Gasteiger partial charge in [0.05, 0.1) is 20.1 Å². The van der Waals surface area contributed by atoms with Crippen LogP contribution in [0.25, 0.3) is 0 Å². The third kappa shape index (κ3) is 3.96. The fraction of sp³-hybridized carbons (Fsp3) is 0.611. The van der Waals surface area contributed by atoms with Crippen molar-refractivity contribution in [1.29, 1.82) is 0 Å². The molecule has 5 nitrogen and oxygen atoms in total. The summed E-state index contributed by atoms with van der Waals surface area (Å²) in [6.45, 7) is 4.39. The molecule has 0 unspecified atom stereocenters. The number of ether oxygens (including phenoxy) is 2. The summed E-state index contributed by atoms with van der Waals surface area (Å²) in [6, 6.07) is 7.53. The first-order valence-corrected chi connectivity index (χ1v) is 8.52. The summed E-state index contributed by atoms with van der Waals surface area (Å²) in [5.74, 6) is 3.09. The number of hydrogen-bond acceptors (Lipinski definition) is 4. The van der Waals surface area contributed by atoms with Crippen molar-refractivity contribution < 1.29 is 14.3 Å². The summed E-state index contributed by atoms with van der Waals surface area (Å²) in [5, 5.41) is 3.46. The van der Waals surface area contributed by atoms with Gasteiger partial charge in [0.2, 0.25) is 5.91 Å². The van der Waals surface area contributed by atoms with Crippen molar-refractivity contribution in [3.8, 4) is 11.5 Å². The van der Waals surface area contributed by atoms with E-state index in [1.54, 1.807) is 7.11 Å². The number of carbonyl (C=O) groups is 1. The Kier molecular flexibility index (Phi) is 5.39. The number of hydrogen-bond donors (Lipinski definition) is 1. The van der Waals surface area contributed by atoms with Gasteiger partial charge in [0.25, 0.3) is 0 Å². The molecule has 3 rings (SSSR count). The molecule has 2 aliphatic heterocycles. The minimum atomic E-state index is 0.202. The number of para-hydroxylation sites is 2. The van der Waals surface area contributed by atoms with Crippen molar-refractivity contribution >= 4 is 5.91 Å². The van der Waals surface area contributed by atoms with Gasteiger partial charge < -0.3 is 19.7 Å². The lowest BCUT2D eigenvalue weighted by Crippen LogP contribution is -2.33. The maximum atomic E-state index is 12.4. The first-order valence-electron chi connectivity index (χ1n) is 8.52. The van der Waals surface area contributed by atoms with E-state index in [4.69, 9.17) is 9.47 Å². The summed E-state index contributed by atoms with van der Waals surface area (Å²) in [5.41, 5.74) is 0. The average molecular weight is 318 g/mol. The van der Waals surface area contributed by atoms with Crippen LogP contribution in [0.5, 0.6) is 11.5 Å². The Hall–Kier alpha value is -1.75. The highest BCUT2D eigenvalue weighted by Gasteiger charge is 2.31. The van der Waals surface area contributed by atoms with Gasteiger partial charge >= 0.3 is 0 Å². The molecular weight excluding hydrogens is 292 g/mol. The molecule has 0 radical (unpaired) electrons. The molecule has 1 N–H and O–H groups in total. The van der Waals surface area contributed by atoms with Crippen LogP contribution in [-0.2, 0) is 4.79 Å². The Morgan fingerprint density at radius 2 is 1.83 bits per heavy atom. The standard InChI is InChI=1S/C18H26N2O3/c1-22-16-4-2-3-5-17(16)23-11-8-18(21)20-9-6-14-12-19-13-15(14)7-10-20/h2-5,14-15,19H,6-13H2,1H3/t14-,15+. The van der Waals surface area contributed by atoms with Crippen LogP contribution in [-0.4, -0.2) is 50.7 Å². The fourth-order valence-corrected chi connectivity index (χ4v) is 3.61. The molecule has 23 heavy (non-hydrogen) atoms. The first-order chi connectivity index (χ1) is 11.3. The minimum Gasteiger partial charge on any atom is -0.493 e. The summed E-state index contributed by atoms with van der Waals surface area (Å²) >= 11 is 0. The number of benzene rings is 1. The Labute approximate surface area is 137 Å². The lowest BCUT2D eigenvalue weighted by atomic mass is 9.92. The zero-order valence-electron chi connectivity index (χ0n) is 13.8. The fourth-order valence-electron chi connectivity index (χ4n) is 3.61. The molecule has 0 spiro atoms. The molecule has 0 saturated carbocycles. The monoisotopic (exact) mass is 318 g/mol. The highest BCUT2D eigenvalue weighted by Crippen LogP contribution is 2.28. The predicted molar refractivity (Wildman–Crippen MR) is 88.8 cm³/mol. The van der Waals surface area contributed by atoms with Gasteiger partial charge in [0.1, 0.15) is 0 Å². The molecule has 2 aliphatic rings. The maximum Gasteiger partial charge on any atom is 0.225 e. The summed E-state index contributed by atoms with van der Waals surface area (Å²) in [6.07, 6.45) is 2.67. The zero-order chi connectivity index (χ0) is 16.1. The quantitative estimate of drug-likeness (QED) is 0.901. The van der Waals surface area contributed by atoms with Crippen LogP contribution in [0, 0.1) is 11.8 Å². The Bertz CT molecular complexity index is 521. The van der Waals surface area contributed by atoms with Crippen molar-refractivity contribution in [3.63, 3.8) is 0 Å². The number of nitrogens with zero attached hydrogens (tertiary/aromatic N) is 1. The second kappa shape index (κ2) is 7.68. The zero-order valence-corrected chi connectivity index (χ0v) is 13.8. The van der Waals surface area contributed by atoms with Gasteiger partial charge in [-0.25, -0.2) is 0 Å². The molecule has 2 saturated heterocycles. The van der Waals surface area contributed by atoms with Crippen LogP contribution in [0.1, 0.15) is 19.3 Å². The summed E-state index contributed by atoms with van der Waals surface area (Å²) in [7, 11) is 1.62. The molecular formula is C18H26N2O3. The van der Waals surface area contributed by atoms with E-state index in [0.717, 1.165) is 50.9 Å². The number of methoxy groups -OCH3 is 1. The molecule has 1 aromatic carbocycles. The van der Waals surface area contributed by atoms with Crippen molar-refractivity contribution in [2.75, 3.05) is 39.9 Å². The molecule has 2 fully saturated rings. The van der Waals surface area contributed by atoms with Crippen LogP contribution >= 0.6 is 0 Å². The molecule has 1 aromatic rings. The SMILES string of the molecule is COc1ccccc1OCCC(=O)N1CC[C@@H]2CNC[C@@H]2CC1. The van der Waals surface area contributed by atoms with Crippen molar-refractivity contribution in [3.05, 3.63) is 24.3 Å². The second-order valence-electron chi connectivity index (χ2n) is 6.39. The number of nitrogens with one attached hydrogen (secondary N) is 1. The smallest absolute Gasteiger partial charge is 0.225 e. The number of rotatable bonds is 5. The molecule has 1 amide bonds. The van der Waals surface area contributed by atoms with E-state index in [9.17, 15) is 4.79 Å². The lowest BCUT2D eigenvalue weighted by Gasteiger charge is -2.21. The summed E-state index contributed by atoms with van der Waals surface area (Å²) < 4.78 is 11.0. The topological polar surface area (TPSA) is 50.8 Å².